The molecule has 1 rings (SSSR count). The van der Waals surface area contributed by atoms with Gasteiger partial charge in [-0.25, -0.2) is 0 Å². The maximum atomic E-state index is 12.2. The van der Waals surface area contributed by atoms with Crippen LogP contribution in [0.2, 0.25) is 5.02 Å². The van der Waals surface area contributed by atoms with Crippen LogP contribution >= 0.6 is 27.5 Å². The highest BCUT2D eigenvalue weighted by molar-refractivity contribution is 9.10. The molecule has 0 aliphatic rings. The first kappa shape index (κ1) is 17.5. The molecular weight excluding hydrogens is 340 g/mol. The Morgan fingerprint density at radius 2 is 2.00 bits per heavy atom. The molecule has 1 atom stereocenters. The third-order valence-electron chi connectivity index (χ3n) is 3.10. The maximum absolute atomic E-state index is 12.2. The van der Waals surface area contributed by atoms with E-state index < -0.39 is 0 Å². The first-order valence-electron chi connectivity index (χ1n) is 6.70. The molecule has 112 valence electrons. The van der Waals surface area contributed by atoms with Crippen molar-refractivity contribution in [2.75, 3.05) is 20.6 Å². The Bertz CT molecular complexity index is 443. The standard InChI is InChI=1S/C15H22BrClN2O/c1-10(2)5-14(19(3)4)9-18-15(20)11-6-12(16)8-13(17)7-11/h6-8,10,14H,5,9H2,1-4H3,(H,18,20). The summed E-state index contributed by atoms with van der Waals surface area (Å²) in [5.74, 6) is 0.503. The van der Waals surface area contributed by atoms with Gasteiger partial charge in [0.25, 0.3) is 5.91 Å². The van der Waals surface area contributed by atoms with Gasteiger partial charge in [-0.2, -0.15) is 0 Å². The van der Waals surface area contributed by atoms with Crippen molar-refractivity contribution in [2.45, 2.75) is 26.3 Å². The van der Waals surface area contributed by atoms with Gasteiger partial charge in [-0.05, 0) is 44.6 Å². The Morgan fingerprint density at radius 3 is 2.50 bits per heavy atom. The molecule has 1 aromatic carbocycles. The van der Waals surface area contributed by atoms with Crippen LogP contribution in [-0.4, -0.2) is 37.5 Å². The summed E-state index contributed by atoms with van der Waals surface area (Å²) >= 11 is 9.30. The van der Waals surface area contributed by atoms with Gasteiger partial charge in [0.1, 0.15) is 0 Å². The van der Waals surface area contributed by atoms with Gasteiger partial charge < -0.3 is 10.2 Å². The molecule has 0 saturated carbocycles. The van der Waals surface area contributed by atoms with Crippen molar-refractivity contribution in [3.05, 3.63) is 33.3 Å². The summed E-state index contributed by atoms with van der Waals surface area (Å²) in [5, 5.41) is 3.53. The Morgan fingerprint density at radius 1 is 1.35 bits per heavy atom. The highest BCUT2D eigenvalue weighted by Gasteiger charge is 2.15. The van der Waals surface area contributed by atoms with Gasteiger partial charge in [0.2, 0.25) is 0 Å². The first-order chi connectivity index (χ1) is 9.29. The number of halogens is 2. The van der Waals surface area contributed by atoms with E-state index in [1.165, 1.54) is 0 Å². The molecule has 0 spiro atoms. The molecule has 0 aliphatic carbocycles. The summed E-state index contributed by atoms with van der Waals surface area (Å²) in [6, 6.07) is 5.55. The third-order valence-corrected chi connectivity index (χ3v) is 3.77. The lowest BCUT2D eigenvalue weighted by Crippen LogP contribution is -2.41. The molecule has 1 aromatic rings. The summed E-state index contributed by atoms with van der Waals surface area (Å²) < 4.78 is 0.807. The van der Waals surface area contributed by atoms with Crippen LogP contribution in [0.4, 0.5) is 0 Å². The van der Waals surface area contributed by atoms with E-state index in [0.29, 0.717) is 29.1 Å². The van der Waals surface area contributed by atoms with Crippen molar-refractivity contribution in [1.82, 2.24) is 10.2 Å². The number of benzene rings is 1. The second kappa shape index (κ2) is 8.01. The summed E-state index contributed by atoms with van der Waals surface area (Å²) in [7, 11) is 4.07. The average molecular weight is 362 g/mol. The fourth-order valence-electron chi connectivity index (χ4n) is 2.02. The topological polar surface area (TPSA) is 32.3 Å². The number of nitrogens with one attached hydrogen (secondary N) is 1. The minimum atomic E-state index is -0.0937. The summed E-state index contributed by atoms with van der Waals surface area (Å²) in [4.78, 5) is 14.3. The van der Waals surface area contributed by atoms with Crippen molar-refractivity contribution >= 4 is 33.4 Å². The van der Waals surface area contributed by atoms with E-state index in [2.05, 4.69) is 40.0 Å². The molecule has 0 bridgehead atoms. The minimum Gasteiger partial charge on any atom is -0.350 e. The average Bonchev–Trinajstić information content (AvgIpc) is 2.32. The fraction of sp³-hybridized carbons (Fsp3) is 0.533. The second-order valence-electron chi connectivity index (χ2n) is 5.62. The van der Waals surface area contributed by atoms with E-state index >= 15 is 0 Å². The summed E-state index contributed by atoms with van der Waals surface area (Å²) in [5.41, 5.74) is 0.575. The molecule has 0 fully saturated rings. The Balaban J connectivity index is 2.65. The van der Waals surface area contributed by atoms with E-state index in [0.717, 1.165) is 10.9 Å². The van der Waals surface area contributed by atoms with Gasteiger partial charge in [-0.1, -0.05) is 41.4 Å². The summed E-state index contributed by atoms with van der Waals surface area (Å²) in [6.45, 7) is 5.01. The predicted octanol–water partition coefficient (Wildman–Crippen LogP) is 3.81. The maximum Gasteiger partial charge on any atom is 0.251 e. The molecule has 0 aliphatic heterocycles. The lowest BCUT2D eigenvalue weighted by atomic mass is 10.0. The zero-order valence-corrected chi connectivity index (χ0v) is 14.8. The van der Waals surface area contributed by atoms with E-state index in [1.54, 1.807) is 18.2 Å². The Labute approximate surface area is 134 Å². The molecule has 1 amide bonds. The number of rotatable bonds is 6. The van der Waals surface area contributed by atoms with Gasteiger partial charge in [-0.15, -0.1) is 0 Å². The van der Waals surface area contributed by atoms with Crippen LogP contribution in [0.15, 0.2) is 22.7 Å². The number of hydrogen-bond acceptors (Lipinski definition) is 2. The van der Waals surface area contributed by atoms with Crippen molar-refractivity contribution in [1.29, 1.82) is 0 Å². The lowest BCUT2D eigenvalue weighted by Gasteiger charge is -2.26. The van der Waals surface area contributed by atoms with Gasteiger partial charge in [0.05, 0.1) is 0 Å². The molecule has 5 heteroatoms. The number of nitrogens with zero attached hydrogens (tertiary/aromatic N) is 1. The van der Waals surface area contributed by atoms with E-state index in [4.69, 9.17) is 11.6 Å². The predicted molar refractivity (Wildman–Crippen MR) is 88.4 cm³/mol. The van der Waals surface area contributed by atoms with Crippen LogP contribution < -0.4 is 5.32 Å². The number of carbonyl (C=O) groups excluding carboxylic acids is 1. The van der Waals surface area contributed by atoms with Gasteiger partial charge in [-0.3, -0.25) is 4.79 Å². The van der Waals surface area contributed by atoms with E-state index in [9.17, 15) is 4.79 Å². The molecule has 0 saturated heterocycles. The molecular formula is C15H22BrClN2O. The highest BCUT2D eigenvalue weighted by Crippen LogP contribution is 2.19. The largest absolute Gasteiger partial charge is 0.350 e. The van der Waals surface area contributed by atoms with Gasteiger partial charge in [0.15, 0.2) is 0 Å². The van der Waals surface area contributed by atoms with Crippen molar-refractivity contribution in [2.24, 2.45) is 5.92 Å². The molecule has 3 nitrogen and oxygen atoms in total. The summed E-state index contributed by atoms with van der Waals surface area (Å²) in [6.07, 6.45) is 1.05. The zero-order chi connectivity index (χ0) is 15.3. The first-order valence-corrected chi connectivity index (χ1v) is 7.87. The Hall–Kier alpha value is -0.580. The molecule has 0 heterocycles. The van der Waals surface area contributed by atoms with Crippen LogP contribution in [0, 0.1) is 5.92 Å². The third kappa shape index (κ3) is 5.81. The molecule has 0 radical (unpaired) electrons. The van der Waals surface area contributed by atoms with Crippen LogP contribution in [0.5, 0.6) is 0 Å². The smallest absolute Gasteiger partial charge is 0.251 e. The zero-order valence-electron chi connectivity index (χ0n) is 12.4. The quantitative estimate of drug-likeness (QED) is 0.835. The van der Waals surface area contributed by atoms with E-state index in [1.807, 2.05) is 14.1 Å². The number of carbonyl (C=O) groups is 1. The van der Waals surface area contributed by atoms with Gasteiger partial charge >= 0.3 is 0 Å². The number of likely N-dealkylation sites (N-methyl/N-ethyl adjacent to an activating group) is 1. The Kier molecular flexibility index (Phi) is 7.00. The molecule has 20 heavy (non-hydrogen) atoms. The second-order valence-corrected chi connectivity index (χ2v) is 6.97. The highest BCUT2D eigenvalue weighted by atomic mass is 79.9. The van der Waals surface area contributed by atoms with Gasteiger partial charge in [0, 0.05) is 27.6 Å². The van der Waals surface area contributed by atoms with Crippen LogP contribution in [0.1, 0.15) is 30.6 Å². The van der Waals surface area contributed by atoms with Crippen molar-refractivity contribution in [3.8, 4) is 0 Å². The fourth-order valence-corrected chi connectivity index (χ4v) is 2.88. The number of amides is 1. The SMILES string of the molecule is CC(C)CC(CNC(=O)c1cc(Cl)cc(Br)c1)N(C)C. The normalized spacial score (nSPS) is 12.8. The van der Waals surface area contributed by atoms with Crippen LogP contribution in [0.25, 0.3) is 0 Å². The molecule has 1 unspecified atom stereocenters. The van der Waals surface area contributed by atoms with Crippen molar-refractivity contribution < 1.29 is 4.79 Å². The van der Waals surface area contributed by atoms with Crippen LogP contribution in [-0.2, 0) is 0 Å². The molecule has 0 aromatic heterocycles. The monoisotopic (exact) mass is 360 g/mol. The van der Waals surface area contributed by atoms with E-state index in [-0.39, 0.29) is 5.91 Å². The lowest BCUT2D eigenvalue weighted by molar-refractivity contribution is 0.0938. The van der Waals surface area contributed by atoms with Crippen LogP contribution in [0.3, 0.4) is 0 Å². The van der Waals surface area contributed by atoms with Crippen molar-refractivity contribution in [3.63, 3.8) is 0 Å². The molecule has 1 N–H and O–H groups in total. The minimum absolute atomic E-state index is 0.0937. The number of hydrogen-bond donors (Lipinski definition) is 1.